The Labute approximate surface area is 189 Å². The van der Waals surface area contributed by atoms with E-state index >= 15 is 0 Å². The van der Waals surface area contributed by atoms with Gasteiger partial charge < -0.3 is 9.30 Å². The standard InChI is InChI=1S/C22H21ClN4OS2/c1-14-8-4-7-11-19(14)28-15(2)20-25-26-22(27(20)3)30-13-16-12-29-21(24-16)17-9-5-6-10-18(17)23/h4-12,15H,13H2,1-3H3. The van der Waals surface area contributed by atoms with Gasteiger partial charge in [-0.15, -0.1) is 21.5 Å². The molecule has 0 saturated heterocycles. The molecule has 0 aliphatic carbocycles. The van der Waals surface area contributed by atoms with E-state index < -0.39 is 0 Å². The average molecular weight is 457 g/mol. The number of aromatic nitrogens is 4. The van der Waals surface area contributed by atoms with E-state index in [0.717, 1.165) is 38.6 Å². The van der Waals surface area contributed by atoms with E-state index in [1.54, 1.807) is 23.1 Å². The molecule has 0 saturated carbocycles. The summed E-state index contributed by atoms with van der Waals surface area (Å²) in [5.74, 6) is 2.35. The normalized spacial score (nSPS) is 12.1. The first-order chi connectivity index (χ1) is 14.5. The number of rotatable bonds is 7. The molecule has 8 heteroatoms. The molecule has 2 aromatic carbocycles. The van der Waals surface area contributed by atoms with Gasteiger partial charge in [-0.2, -0.15) is 0 Å². The Hall–Kier alpha value is -2.35. The molecule has 30 heavy (non-hydrogen) atoms. The smallest absolute Gasteiger partial charge is 0.191 e. The molecule has 0 aliphatic rings. The molecule has 0 fully saturated rings. The molecule has 0 N–H and O–H groups in total. The number of halogens is 1. The third kappa shape index (κ3) is 4.53. The van der Waals surface area contributed by atoms with Crippen molar-refractivity contribution in [3.63, 3.8) is 0 Å². The van der Waals surface area contributed by atoms with Gasteiger partial charge in [-0.25, -0.2) is 4.98 Å². The lowest BCUT2D eigenvalue weighted by Gasteiger charge is -2.15. The van der Waals surface area contributed by atoms with E-state index in [4.69, 9.17) is 21.3 Å². The molecule has 0 aliphatic heterocycles. The molecule has 0 radical (unpaired) electrons. The van der Waals surface area contributed by atoms with Gasteiger partial charge in [0.2, 0.25) is 0 Å². The highest BCUT2D eigenvalue weighted by molar-refractivity contribution is 7.98. The maximum absolute atomic E-state index is 6.29. The summed E-state index contributed by atoms with van der Waals surface area (Å²) in [6, 6.07) is 15.7. The highest BCUT2D eigenvalue weighted by atomic mass is 35.5. The van der Waals surface area contributed by atoms with E-state index in [9.17, 15) is 0 Å². The molecule has 0 spiro atoms. The van der Waals surface area contributed by atoms with Gasteiger partial charge in [-0.3, -0.25) is 0 Å². The molecular weight excluding hydrogens is 436 g/mol. The third-order valence-electron chi connectivity index (χ3n) is 4.63. The lowest BCUT2D eigenvalue weighted by molar-refractivity contribution is 0.210. The quantitative estimate of drug-likeness (QED) is 0.304. The van der Waals surface area contributed by atoms with Crippen molar-refractivity contribution < 1.29 is 4.74 Å². The summed E-state index contributed by atoms with van der Waals surface area (Å²) in [6.45, 7) is 4.02. The Morgan fingerprint density at radius 1 is 1.13 bits per heavy atom. The predicted molar refractivity (Wildman–Crippen MR) is 123 cm³/mol. The molecule has 1 atom stereocenters. The molecule has 0 amide bonds. The fourth-order valence-electron chi connectivity index (χ4n) is 3.01. The van der Waals surface area contributed by atoms with Crippen molar-refractivity contribution in [3.8, 4) is 16.3 Å². The number of para-hydroxylation sites is 1. The number of hydrogen-bond acceptors (Lipinski definition) is 6. The van der Waals surface area contributed by atoms with Gasteiger partial charge in [0.05, 0.1) is 10.7 Å². The number of thioether (sulfide) groups is 1. The number of nitrogens with zero attached hydrogens (tertiary/aromatic N) is 4. The molecular formula is C22H21ClN4OS2. The Bertz CT molecular complexity index is 1160. The first kappa shape index (κ1) is 20.9. The Morgan fingerprint density at radius 3 is 2.70 bits per heavy atom. The van der Waals surface area contributed by atoms with E-state index in [1.165, 1.54) is 0 Å². The predicted octanol–water partition coefficient (Wildman–Crippen LogP) is 6.33. The summed E-state index contributed by atoms with van der Waals surface area (Å²) in [5, 5.41) is 13.2. The van der Waals surface area contributed by atoms with Gasteiger partial charge in [-0.1, -0.05) is 59.8 Å². The molecule has 4 aromatic rings. The maximum atomic E-state index is 6.29. The van der Waals surface area contributed by atoms with Crippen LogP contribution in [-0.2, 0) is 12.8 Å². The van der Waals surface area contributed by atoms with Gasteiger partial charge >= 0.3 is 0 Å². The van der Waals surface area contributed by atoms with Gasteiger partial charge in [0.25, 0.3) is 0 Å². The van der Waals surface area contributed by atoms with Gasteiger partial charge in [0, 0.05) is 23.7 Å². The Kier molecular flexibility index (Phi) is 6.41. The minimum absolute atomic E-state index is 0.205. The zero-order valence-corrected chi connectivity index (χ0v) is 19.3. The zero-order valence-electron chi connectivity index (χ0n) is 16.9. The number of thiazole rings is 1. The lowest BCUT2D eigenvalue weighted by atomic mass is 10.2. The zero-order chi connectivity index (χ0) is 21.1. The van der Waals surface area contributed by atoms with Crippen LogP contribution in [0, 0.1) is 6.92 Å². The van der Waals surface area contributed by atoms with Crippen LogP contribution in [0.25, 0.3) is 10.6 Å². The molecule has 1 unspecified atom stereocenters. The van der Waals surface area contributed by atoms with Crippen molar-refractivity contribution in [2.75, 3.05) is 0 Å². The van der Waals surface area contributed by atoms with Crippen LogP contribution in [0.3, 0.4) is 0 Å². The Balaban J connectivity index is 1.42. The van der Waals surface area contributed by atoms with Crippen LogP contribution >= 0.6 is 34.7 Å². The summed E-state index contributed by atoms with van der Waals surface area (Å²) in [4.78, 5) is 4.72. The molecule has 0 bridgehead atoms. The van der Waals surface area contributed by atoms with Crippen molar-refractivity contribution in [1.29, 1.82) is 0 Å². The van der Waals surface area contributed by atoms with E-state index in [0.29, 0.717) is 10.8 Å². The summed E-state index contributed by atoms with van der Waals surface area (Å²) in [6.07, 6.45) is -0.205. The van der Waals surface area contributed by atoms with Crippen LogP contribution in [0.5, 0.6) is 5.75 Å². The molecule has 4 rings (SSSR count). The second-order valence-electron chi connectivity index (χ2n) is 6.84. The van der Waals surface area contributed by atoms with E-state index in [1.807, 2.05) is 74.0 Å². The second kappa shape index (κ2) is 9.20. The largest absolute Gasteiger partial charge is 0.482 e. The first-order valence-electron chi connectivity index (χ1n) is 9.46. The van der Waals surface area contributed by atoms with Gasteiger partial charge in [-0.05, 0) is 31.5 Å². The highest BCUT2D eigenvalue weighted by Gasteiger charge is 2.18. The molecule has 5 nitrogen and oxygen atoms in total. The van der Waals surface area contributed by atoms with E-state index in [-0.39, 0.29) is 6.10 Å². The van der Waals surface area contributed by atoms with Crippen molar-refractivity contribution in [2.24, 2.45) is 7.05 Å². The third-order valence-corrected chi connectivity index (χ3v) is 6.94. The fourth-order valence-corrected chi connectivity index (χ4v) is 5.06. The monoisotopic (exact) mass is 456 g/mol. The molecule has 154 valence electrons. The van der Waals surface area contributed by atoms with Crippen LogP contribution < -0.4 is 4.74 Å². The topological polar surface area (TPSA) is 52.8 Å². The van der Waals surface area contributed by atoms with Crippen LogP contribution in [0.4, 0.5) is 0 Å². The van der Waals surface area contributed by atoms with Crippen molar-refractivity contribution in [1.82, 2.24) is 19.7 Å². The summed E-state index contributed by atoms with van der Waals surface area (Å²) in [7, 11) is 1.96. The van der Waals surface area contributed by atoms with Gasteiger partial charge in [0.15, 0.2) is 17.1 Å². The molecule has 2 heterocycles. The fraction of sp³-hybridized carbons (Fsp3) is 0.227. The van der Waals surface area contributed by atoms with E-state index in [2.05, 4.69) is 15.6 Å². The minimum atomic E-state index is -0.205. The summed E-state index contributed by atoms with van der Waals surface area (Å²) in [5.41, 5.74) is 3.05. The number of hydrogen-bond donors (Lipinski definition) is 0. The van der Waals surface area contributed by atoms with Crippen LogP contribution in [-0.4, -0.2) is 19.7 Å². The molecule has 2 aromatic heterocycles. The average Bonchev–Trinajstić information content (AvgIpc) is 3.35. The summed E-state index contributed by atoms with van der Waals surface area (Å²) >= 11 is 9.49. The summed E-state index contributed by atoms with van der Waals surface area (Å²) < 4.78 is 8.08. The minimum Gasteiger partial charge on any atom is -0.482 e. The number of ether oxygens (including phenoxy) is 1. The number of aryl methyl sites for hydroxylation is 1. The van der Waals surface area contributed by atoms with Crippen LogP contribution in [0.2, 0.25) is 5.02 Å². The highest BCUT2D eigenvalue weighted by Crippen LogP contribution is 2.32. The first-order valence-corrected chi connectivity index (χ1v) is 11.7. The SMILES string of the molecule is Cc1ccccc1OC(C)c1nnc(SCc2csc(-c3ccccc3Cl)n2)n1C. The van der Waals surface area contributed by atoms with Crippen molar-refractivity contribution in [2.45, 2.75) is 30.9 Å². The maximum Gasteiger partial charge on any atom is 0.191 e. The van der Waals surface area contributed by atoms with Crippen molar-refractivity contribution in [3.05, 3.63) is 76.0 Å². The number of benzene rings is 2. The van der Waals surface area contributed by atoms with Crippen LogP contribution in [0.1, 0.15) is 30.1 Å². The Morgan fingerprint density at radius 2 is 1.90 bits per heavy atom. The van der Waals surface area contributed by atoms with Crippen LogP contribution in [0.15, 0.2) is 59.1 Å². The van der Waals surface area contributed by atoms with Crippen molar-refractivity contribution >= 4 is 34.7 Å². The van der Waals surface area contributed by atoms with Gasteiger partial charge in [0.1, 0.15) is 10.8 Å². The second-order valence-corrected chi connectivity index (χ2v) is 9.05. The lowest BCUT2D eigenvalue weighted by Crippen LogP contribution is -2.10.